The molecule has 0 spiro atoms. The maximum absolute atomic E-state index is 11.0. The Kier molecular flexibility index (Phi) is 2.48. The van der Waals surface area contributed by atoms with E-state index in [0.29, 0.717) is 39.1 Å². The highest BCUT2D eigenvalue weighted by Gasteiger charge is 2.26. The molecule has 2 N–H and O–H groups in total. The first kappa shape index (κ1) is 11.1. The van der Waals surface area contributed by atoms with Gasteiger partial charge in [-0.15, -0.1) is 0 Å². The predicted molar refractivity (Wildman–Crippen MR) is 65.6 cm³/mol. The van der Waals surface area contributed by atoms with Gasteiger partial charge in [-0.2, -0.15) is 0 Å². The lowest BCUT2D eigenvalue weighted by Crippen LogP contribution is -1.94. The first-order valence-corrected chi connectivity index (χ1v) is 5.80. The van der Waals surface area contributed by atoms with Crippen molar-refractivity contribution in [2.75, 3.05) is 12.5 Å². The third kappa shape index (κ3) is 1.55. The molecule has 0 radical (unpaired) electrons. The van der Waals surface area contributed by atoms with E-state index < -0.39 is 0 Å². The number of hydrogen-bond acceptors (Lipinski definition) is 6. The molecule has 1 aliphatic heterocycles. The largest absolute Gasteiger partial charge is 0.453 e. The standard InChI is InChI=1S/C11H7BrN2O4/c12-7-1-5(8-2-9(13)18-14-8)10-11(6(7)3-15)17-4-16-10/h1-3H,4,13H2. The van der Waals surface area contributed by atoms with Crippen molar-refractivity contribution in [2.24, 2.45) is 0 Å². The van der Waals surface area contributed by atoms with E-state index >= 15 is 0 Å². The van der Waals surface area contributed by atoms with Gasteiger partial charge in [0.2, 0.25) is 12.7 Å². The molecule has 0 atom stereocenters. The smallest absolute Gasteiger partial charge is 0.231 e. The highest BCUT2D eigenvalue weighted by Crippen LogP contribution is 2.46. The predicted octanol–water partition coefficient (Wildman–Crippen LogP) is 2.23. The lowest BCUT2D eigenvalue weighted by molar-refractivity contribution is 0.111. The van der Waals surface area contributed by atoms with Gasteiger partial charge in [0.05, 0.1) is 11.1 Å². The summed E-state index contributed by atoms with van der Waals surface area (Å²) in [5.74, 6) is 1.07. The van der Waals surface area contributed by atoms with Crippen LogP contribution in [0.3, 0.4) is 0 Å². The monoisotopic (exact) mass is 310 g/mol. The van der Waals surface area contributed by atoms with Crippen LogP contribution in [0.1, 0.15) is 10.4 Å². The van der Waals surface area contributed by atoms with Crippen molar-refractivity contribution in [2.45, 2.75) is 0 Å². The molecule has 0 unspecified atom stereocenters. The quantitative estimate of drug-likeness (QED) is 0.856. The first-order chi connectivity index (χ1) is 8.70. The summed E-state index contributed by atoms with van der Waals surface area (Å²) in [7, 11) is 0. The fraction of sp³-hybridized carbons (Fsp3) is 0.0909. The Hall–Kier alpha value is -2.02. The number of carbonyl (C=O) groups is 1. The number of nitrogens with zero attached hydrogens (tertiary/aromatic N) is 1. The zero-order chi connectivity index (χ0) is 12.7. The summed E-state index contributed by atoms with van der Waals surface area (Å²) in [6, 6.07) is 3.29. The zero-order valence-electron chi connectivity index (χ0n) is 8.97. The number of hydrogen-bond donors (Lipinski definition) is 1. The second-order valence-corrected chi connectivity index (χ2v) is 4.47. The molecule has 2 heterocycles. The minimum atomic E-state index is 0.0625. The maximum atomic E-state index is 11.0. The van der Waals surface area contributed by atoms with Crippen molar-refractivity contribution in [3.8, 4) is 22.8 Å². The number of halogens is 1. The van der Waals surface area contributed by atoms with E-state index in [9.17, 15) is 4.79 Å². The van der Waals surface area contributed by atoms with Gasteiger partial charge in [-0.1, -0.05) is 5.16 Å². The summed E-state index contributed by atoms with van der Waals surface area (Å²) in [6.07, 6.45) is 0.707. The SMILES string of the molecule is Nc1cc(-c2cc(Br)c(C=O)c3c2OCO3)no1. The number of aromatic nitrogens is 1. The van der Waals surface area contributed by atoms with Crippen LogP contribution in [0, 0.1) is 0 Å². The Balaban J connectivity index is 2.25. The molecular weight excluding hydrogens is 304 g/mol. The van der Waals surface area contributed by atoms with Crippen LogP contribution in [-0.2, 0) is 0 Å². The minimum Gasteiger partial charge on any atom is -0.453 e. The Morgan fingerprint density at radius 3 is 2.78 bits per heavy atom. The summed E-state index contributed by atoms with van der Waals surface area (Å²) in [5, 5.41) is 3.82. The van der Waals surface area contributed by atoms with Gasteiger partial charge in [-0.25, -0.2) is 0 Å². The average molecular weight is 311 g/mol. The highest BCUT2D eigenvalue weighted by molar-refractivity contribution is 9.10. The third-order valence-corrected chi connectivity index (χ3v) is 3.21. The van der Waals surface area contributed by atoms with Gasteiger partial charge in [0.15, 0.2) is 17.8 Å². The van der Waals surface area contributed by atoms with E-state index in [4.69, 9.17) is 19.7 Å². The number of anilines is 1. The molecule has 0 saturated heterocycles. The Morgan fingerprint density at radius 2 is 2.11 bits per heavy atom. The van der Waals surface area contributed by atoms with Crippen molar-refractivity contribution in [3.05, 3.63) is 22.2 Å². The molecule has 7 heteroatoms. The zero-order valence-corrected chi connectivity index (χ0v) is 10.6. The fourth-order valence-corrected chi connectivity index (χ4v) is 2.28. The van der Waals surface area contributed by atoms with Crippen molar-refractivity contribution >= 4 is 28.1 Å². The summed E-state index contributed by atoms with van der Waals surface area (Å²) < 4.78 is 16.1. The second kappa shape index (κ2) is 4.02. The van der Waals surface area contributed by atoms with Gasteiger partial charge in [-0.05, 0) is 22.0 Å². The summed E-state index contributed by atoms with van der Waals surface area (Å²) >= 11 is 3.31. The van der Waals surface area contributed by atoms with Crippen molar-refractivity contribution in [1.29, 1.82) is 0 Å². The van der Waals surface area contributed by atoms with Crippen LogP contribution < -0.4 is 15.2 Å². The van der Waals surface area contributed by atoms with E-state index in [1.54, 1.807) is 12.1 Å². The minimum absolute atomic E-state index is 0.0625. The van der Waals surface area contributed by atoms with Crippen LogP contribution in [0.4, 0.5) is 5.88 Å². The number of carbonyl (C=O) groups excluding carboxylic acids is 1. The molecule has 1 aromatic carbocycles. The first-order valence-electron chi connectivity index (χ1n) is 5.00. The molecule has 0 bridgehead atoms. The Morgan fingerprint density at radius 1 is 1.33 bits per heavy atom. The number of aldehydes is 1. The number of fused-ring (bicyclic) bond motifs is 1. The molecule has 1 aromatic heterocycles. The molecule has 0 saturated carbocycles. The van der Waals surface area contributed by atoms with Crippen molar-refractivity contribution in [1.82, 2.24) is 5.16 Å². The maximum Gasteiger partial charge on any atom is 0.231 e. The lowest BCUT2D eigenvalue weighted by Gasteiger charge is -2.06. The highest BCUT2D eigenvalue weighted by atomic mass is 79.9. The molecule has 92 valence electrons. The van der Waals surface area contributed by atoms with Crippen LogP contribution in [0.2, 0.25) is 0 Å². The van der Waals surface area contributed by atoms with Gasteiger partial charge < -0.3 is 19.7 Å². The number of benzene rings is 1. The van der Waals surface area contributed by atoms with E-state index in [0.717, 1.165) is 0 Å². The third-order valence-electron chi connectivity index (χ3n) is 2.55. The lowest BCUT2D eigenvalue weighted by atomic mass is 10.1. The summed E-state index contributed by atoms with van der Waals surface area (Å²) in [4.78, 5) is 11.0. The van der Waals surface area contributed by atoms with Crippen LogP contribution in [0.15, 0.2) is 21.1 Å². The van der Waals surface area contributed by atoms with E-state index in [2.05, 4.69) is 21.1 Å². The van der Waals surface area contributed by atoms with E-state index in [1.165, 1.54) is 0 Å². The Bertz CT molecular complexity index is 638. The number of nitrogen functional groups attached to an aromatic ring is 1. The van der Waals surface area contributed by atoms with Crippen molar-refractivity contribution in [3.63, 3.8) is 0 Å². The second-order valence-electron chi connectivity index (χ2n) is 3.62. The number of ether oxygens (including phenoxy) is 2. The Labute approximate surface area is 110 Å². The molecule has 0 aliphatic carbocycles. The molecule has 3 rings (SSSR count). The van der Waals surface area contributed by atoms with Gasteiger partial charge in [0.25, 0.3) is 0 Å². The fourth-order valence-electron chi connectivity index (χ4n) is 1.77. The molecular formula is C11H7BrN2O4. The number of nitrogens with two attached hydrogens (primary N) is 1. The average Bonchev–Trinajstić information content (AvgIpc) is 2.97. The molecule has 0 amide bonds. The van der Waals surface area contributed by atoms with E-state index in [-0.39, 0.29) is 12.7 Å². The molecule has 0 fully saturated rings. The molecule has 2 aromatic rings. The van der Waals surface area contributed by atoms with Crippen LogP contribution in [-0.4, -0.2) is 18.2 Å². The van der Waals surface area contributed by atoms with Gasteiger partial charge in [-0.3, -0.25) is 4.79 Å². The van der Waals surface area contributed by atoms with Gasteiger partial charge in [0, 0.05) is 10.5 Å². The molecule has 18 heavy (non-hydrogen) atoms. The topological polar surface area (TPSA) is 87.6 Å². The molecule has 1 aliphatic rings. The van der Waals surface area contributed by atoms with Gasteiger partial charge >= 0.3 is 0 Å². The summed E-state index contributed by atoms with van der Waals surface area (Å²) in [5.41, 5.74) is 7.07. The van der Waals surface area contributed by atoms with Crippen LogP contribution in [0.25, 0.3) is 11.3 Å². The number of rotatable bonds is 2. The van der Waals surface area contributed by atoms with Crippen molar-refractivity contribution < 1.29 is 18.8 Å². The normalized spacial score (nSPS) is 12.7. The van der Waals surface area contributed by atoms with Gasteiger partial charge in [0.1, 0.15) is 5.69 Å². The summed E-state index contributed by atoms with van der Waals surface area (Å²) in [6.45, 7) is 0.0625. The van der Waals surface area contributed by atoms with E-state index in [1.807, 2.05) is 0 Å². The van der Waals surface area contributed by atoms with Crippen LogP contribution in [0.5, 0.6) is 11.5 Å². The molecule has 6 nitrogen and oxygen atoms in total. The van der Waals surface area contributed by atoms with Crippen LogP contribution >= 0.6 is 15.9 Å².